The monoisotopic (exact) mass is 281 g/mol. The second kappa shape index (κ2) is 5.57. The highest BCUT2D eigenvalue weighted by Crippen LogP contribution is 2.22. The molecule has 1 aromatic heterocycles. The summed E-state index contributed by atoms with van der Waals surface area (Å²) in [5.74, 6) is 0. The third-order valence-electron chi connectivity index (χ3n) is 2.86. The number of halogens is 1. The molecule has 0 bridgehead atoms. The van der Waals surface area contributed by atoms with Gasteiger partial charge in [0.2, 0.25) is 0 Å². The van der Waals surface area contributed by atoms with E-state index in [1.54, 1.807) is 0 Å². The summed E-state index contributed by atoms with van der Waals surface area (Å²) < 4.78 is 0.874. The lowest BCUT2D eigenvalue weighted by Crippen LogP contribution is -2.44. The Balaban J connectivity index is 2.14. The van der Waals surface area contributed by atoms with Gasteiger partial charge in [-0.25, -0.2) is 4.98 Å². The summed E-state index contributed by atoms with van der Waals surface area (Å²) in [6.07, 6.45) is 3.91. The molecule has 86 valence electrons. The average molecular weight is 282 g/mol. The Labute approximate surface area is 105 Å². The number of piperazine rings is 1. The van der Waals surface area contributed by atoms with Crippen LogP contribution in [0.2, 0.25) is 0 Å². The van der Waals surface area contributed by atoms with Gasteiger partial charge in [0.25, 0.3) is 0 Å². The van der Waals surface area contributed by atoms with E-state index in [1.807, 2.05) is 18.3 Å². The molecule has 2 heterocycles. The van der Waals surface area contributed by atoms with Crippen molar-refractivity contribution >= 4 is 15.9 Å². The molecule has 3 nitrogen and oxygen atoms in total. The Hall–Kier alpha value is -0.710. The molecule has 1 fully saturated rings. The molecule has 0 amide bonds. The SMILES string of the molecule is C=C[C@H](c1ccc(Br)nc1)N1CCNCC1. The van der Waals surface area contributed by atoms with Crippen LogP contribution in [-0.2, 0) is 0 Å². The van der Waals surface area contributed by atoms with Gasteiger partial charge in [0.1, 0.15) is 4.60 Å². The fraction of sp³-hybridized carbons (Fsp3) is 0.417. The fourth-order valence-electron chi connectivity index (χ4n) is 2.02. The maximum absolute atomic E-state index is 4.27. The second-order valence-electron chi connectivity index (χ2n) is 3.88. The fourth-order valence-corrected chi connectivity index (χ4v) is 2.25. The lowest BCUT2D eigenvalue weighted by atomic mass is 10.1. The van der Waals surface area contributed by atoms with Crippen LogP contribution in [0.15, 0.2) is 35.6 Å². The van der Waals surface area contributed by atoms with Gasteiger partial charge < -0.3 is 5.32 Å². The van der Waals surface area contributed by atoms with Crippen LogP contribution in [0, 0.1) is 0 Å². The average Bonchev–Trinajstić information content (AvgIpc) is 2.34. The van der Waals surface area contributed by atoms with Crippen molar-refractivity contribution in [2.45, 2.75) is 6.04 Å². The smallest absolute Gasteiger partial charge is 0.106 e. The molecule has 4 heteroatoms. The predicted molar refractivity (Wildman–Crippen MR) is 69.3 cm³/mol. The van der Waals surface area contributed by atoms with E-state index in [-0.39, 0.29) is 6.04 Å². The van der Waals surface area contributed by atoms with Crippen molar-refractivity contribution in [3.8, 4) is 0 Å². The Bertz CT molecular complexity index is 344. The standard InChI is InChI=1S/C12H16BrN3/c1-2-11(16-7-5-14-6-8-16)10-3-4-12(13)15-9-10/h2-4,9,11,14H,1,5-8H2/t11-/m1/s1. The van der Waals surface area contributed by atoms with E-state index in [2.05, 4.69) is 43.8 Å². The van der Waals surface area contributed by atoms with Gasteiger partial charge in [0.05, 0.1) is 6.04 Å². The summed E-state index contributed by atoms with van der Waals surface area (Å²) in [6, 6.07) is 4.36. The van der Waals surface area contributed by atoms with Gasteiger partial charge in [-0.3, -0.25) is 4.90 Å². The topological polar surface area (TPSA) is 28.2 Å². The molecule has 16 heavy (non-hydrogen) atoms. The van der Waals surface area contributed by atoms with Crippen molar-refractivity contribution in [1.29, 1.82) is 0 Å². The van der Waals surface area contributed by atoms with Crippen molar-refractivity contribution in [1.82, 2.24) is 15.2 Å². The number of pyridine rings is 1. The van der Waals surface area contributed by atoms with Crippen LogP contribution in [0.4, 0.5) is 0 Å². The van der Waals surface area contributed by atoms with Gasteiger partial charge in [0, 0.05) is 32.4 Å². The first kappa shape index (κ1) is 11.8. The summed E-state index contributed by atoms with van der Waals surface area (Å²) in [6.45, 7) is 8.16. The van der Waals surface area contributed by atoms with Gasteiger partial charge in [0.15, 0.2) is 0 Å². The largest absolute Gasteiger partial charge is 0.314 e. The molecular formula is C12H16BrN3. The summed E-state index contributed by atoms with van der Waals surface area (Å²) in [4.78, 5) is 6.69. The number of hydrogen-bond donors (Lipinski definition) is 1. The molecule has 1 saturated heterocycles. The number of nitrogens with one attached hydrogen (secondary N) is 1. The van der Waals surface area contributed by atoms with E-state index >= 15 is 0 Å². The molecule has 0 spiro atoms. The summed E-state index contributed by atoms with van der Waals surface area (Å²) in [5.41, 5.74) is 1.21. The minimum Gasteiger partial charge on any atom is -0.314 e. The van der Waals surface area contributed by atoms with Crippen LogP contribution in [-0.4, -0.2) is 36.1 Å². The van der Waals surface area contributed by atoms with Crippen molar-refractivity contribution in [3.63, 3.8) is 0 Å². The predicted octanol–water partition coefficient (Wildman–Crippen LogP) is 1.98. The molecule has 2 rings (SSSR count). The quantitative estimate of drug-likeness (QED) is 0.678. The molecule has 1 aliphatic heterocycles. The Morgan fingerprint density at radius 1 is 1.44 bits per heavy atom. The highest BCUT2D eigenvalue weighted by molar-refractivity contribution is 9.10. The van der Waals surface area contributed by atoms with E-state index in [1.165, 1.54) is 5.56 Å². The molecule has 1 atom stereocenters. The number of nitrogens with zero attached hydrogens (tertiary/aromatic N) is 2. The lowest BCUT2D eigenvalue weighted by Gasteiger charge is -2.33. The molecule has 0 saturated carbocycles. The molecular weight excluding hydrogens is 266 g/mol. The highest BCUT2D eigenvalue weighted by Gasteiger charge is 2.19. The molecule has 0 unspecified atom stereocenters. The minimum atomic E-state index is 0.280. The van der Waals surface area contributed by atoms with Crippen molar-refractivity contribution in [3.05, 3.63) is 41.2 Å². The third kappa shape index (κ3) is 2.70. The normalized spacial score (nSPS) is 19.3. The van der Waals surface area contributed by atoms with Gasteiger partial charge in [-0.05, 0) is 27.6 Å². The van der Waals surface area contributed by atoms with E-state index < -0.39 is 0 Å². The maximum atomic E-state index is 4.27. The van der Waals surface area contributed by atoms with Crippen LogP contribution >= 0.6 is 15.9 Å². The summed E-state index contributed by atoms with van der Waals surface area (Å²) >= 11 is 3.35. The molecule has 0 aliphatic carbocycles. The second-order valence-corrected chi connectivity index (χ2v) is 4.69. The number of aromatic nitrogens is 1. The van der Waals surface area contributed by atoms with Gasteiger partial charge in [-0.15, -0.1) is 6.58 Å². The Morgan fingerprint density at radius 2 is 2.19 bits per heavy atom. The zero-order valence-corrected chi connectivity index (χ0v) is 10.8. The third-order valence-corrected chi connectivity index (χ3v) is 3.33. The highest BCUT2D eigenvalue weighted by atomic mass is 79.9. The van der Waals surface area contributed by atoms with Gasteiger partial charge in [-0.1, -0.05) is 12.1 Å². The van der Waals surface area contributed by atoms with Crippen molar-refractivity contribution < 1.29 is 0 Å². The van der Waals surface area contributed by atoms with Crippen LogP contribution in [0.3, 0.4) is 0 Å². The summed E-state index contributed by atoms with van der Waals surface area (Å²) in [5, 5.41) is 3.36. The van der Waals surface area contributed by atoms with Gasteiger partial charge >= 0.3 is 0 Å². The number of rotatable bonds is 3. The minimum absolute atomic E-state index is 0.280. The zero-order chi connectivity index (χ0) is 11.4. The van der Waals surface area contributed by atoms with Crippen LogP contribution in [0.25, 0.3) is 0 Å². The first-order chi connectivity index (χ1) is 7.81. The molecule has 1 aromatic rings. The van der Waals surface area contributed by atoms with Crippen LogP contribution in [0.5, 0.6) is 0 Å². The molecule has 1 aliphatic rings. The molecule has 0 radical (unpaired) electrons. The first-order valence-corrected chi connectivity index (χ1v) is 6.29. The van der Waals surface area contributed by atoms with E-state index in [9.17, 15) is 0 Å². The maximum Gasteiger partial charge on any atom is 0.106 e. The van der Waals surface area contributed by atoms with Crippen LogP contribution < -0.4 is 5.32 Å². The zero-order valence-electron chi connectivity index (χ0n) is 9.19. The lowest BCUT2D eigenvalue weighted by molar-refractivity contribution is 0.203. The van der Waals surface area contributed by atoms with Crippen molar-refractivity contribution in [2.75, 3.05) is 26.2 Å². The first-order valence-electron chi connectivity index (χ1n) is 5.50. The van der Waals surface area contributed by atoms with Gasteiger partial charge in [-0.2, -0.15) is 0 Å². The Kier molecular flexibility index (Phi) is 4.09. The van der Waals surface area contributed by atoms with E-state index in [0.717, 1.165) is 30.8 Å². The number of hydrogen-bond acceptors (Lipinski definition) is 3. The Morgan fingerprint density at radius 3 is 2.75 bits per heavy atom. The summed E-state index contributed by atoms with van der Waals surface area (Å²) in [7, 11) is 0. The van der Waals surface area contributed by atoms with Crippen LogP contribution in [0.1, 0.15) is 11.6 Å². The molecule has 1 N–H and O–H groups in total. The van der Waals surface area contributed by atoms with Crippen molar-refractivity contribution in [2.24, 2.45) is 0 Å². The van der Waals surface area contributed by atoms with E-state index in [0.29, 0.717) is 0 Å². The molecule has 0 aromatic carbocycles. The van der Waals surface area contributed by atoms with E-state index in [4.69, 9.17) is 0 Å².